The molecule has 1 N–H and O–H groups in total. The Kier molecular flexibility index (Phi) is 6.05. The molecule has 6 nitrogen and oxygen atoms in total. The average Bonchev–Trinajstić information content (AvgIpc) is 2.47. The number of carbonyl (C=O) groups excluding carboxylic acids is 2. The molecule has 0 aliphatic carbocycles. The smallest absolute Gasteiger partial charge is 0.378 e. The fourth-order valence-corrected chi connectivity index (χ4v) is 1.75. The van der Waals surface area contributed by atoms with Crippen LogP contribution < -0.4 is 9.47 Å². The van der Waals surface area contributed by atoms with Crippen LogP contribution in [0.5, 0.6) is 11.5 Å². The second kappa shape index (κ2) is 7.54. The van der Waals surface area contributed by atoms with E-state index in [0.29, 0.717) is 12.4 Å². The van der Waals surface area contributed by atoms with Crippen LogP contribution in [0, 0.1) is 0 Å². The summed E-state index contributed by atoms with van der Waals surface area (Å²) in [6.45, 7) is 2.20. The van der Waals surface area contributed by atoms with E-state index < -0.39 is 17.5 Å². The van der Waals surface area contributed by atoms with E-state index in [-0.39, 0.29) is 16.3 Å². The van der Waals surface area contributed by atoms with Gasteiger partial charge in [0.15, 0.2) is 0 Å². The third-order valence-electron chi connectivity index (χ3n) is 2.48. The lowest BCUT2D eigenvalue weighted by Crippen LogP contribution is -2.13. The van der Waals surface area contributed by atoms with Gasteiger partial charge < -0.3 is 19.3 Å². The van der Waals surface area contributed by atoms with Crippen molar-refractivity contribution in [2.45, 2.75) is 6.92 Å². The zero-order valence-electron chi connectivity index (χ0n) is 11.8. The third-order valence-corrected chi connectivity index (χ3v) is 2.78. The van der Waals surface area contributed by atoms with Crippen LogP contribution in [-0.4, -0.2) is 37.7 Å². The van der Waals surface area contributed by atoms with E-state index in [2.05, 4.69) is 4.74 Å². The molecule has 1 aromatic carbocycles. The predicted octanol–water partition coefficient (Wildman–Crippen LogP) is 2.39. The minimum atomic E-state index is -1.09. The monoisotopic (exact) mass is 314 g/mol. The molecule has 0 aromatic heterocycles. The largest absolute Gasteiger partial charge is 0.507 e. The Hall–Kier alpha value is -2.21. The first-order valence-corrected chi connectivity index (χ1v) is 6.36. The summed E-state index contributed by atoms with van der Waals surface area (Å²) in [5.41, 5.74) is 0.156. The lowest BCUT2D eigenvalue weighted by atomic mass is 10.1. The number of hydrogen-bond acceptors (Lipinski definition) is 6. The highest BCUT2D eigenvalue weighted by atomic mass is 35.5. The van der Waals surface area contributed by atoms with Crippen molar-refractivity contribution in [2.24, 2.45) is 0 Å². The molecular formula is C14H15ClO6. The quantitative estimate of drug-likeness (QED) is 0.376. The molecule has 0 saturated carbocycles. The number of aliphatic hydroxyl groups is 1. The molecule has 0 atom stereocenters. The minimum absolute atomic E-state index is 0.156. The second-order valence-corrected chi connectivity index (χ2v) is 4.21. The zero-order valence-corrected chi connectivity index (χ0v) is 12.6. The fourth-order valence-electron chi connectivity index (χ4n) is 1.53. The molecule has 7 heteroatoms. The number of esters is 1. The van der Waals surface area contributed by atoms with Crippen molar-refractivity contribution in [3.8, 4) is 11.5 Å². The number of rotatable bonds is 6. The van der Waals surface area contributed by atoms with Gasteiger partial charge in [-0.3, -0.25) is 4.79 Å². The standard InChI is InChI=1S/C14H15ClO6/c1-4-21-13-7-12(19-2)8(5-9(13)15)10(16)6-11(17)14(18)20-3/h5-7,16H,4H2,1-3H3. The first kappa shape index (κ1) is 16.8. The molecule has 1 rings (SSSR count). The minimum Gasteiger partial charge on any atom is -0.507 e. The van der Waals surface area contributed by atoms with Gasteiger partial charge in [-0.2, -0.15) is 0 Å². The first-order chi connectivity index (χ1) is 9.94. The highest BCUT2D eigenvalue weighted by molar-refractivity contribution is 6.39. The number of halogens is 1. The summed E-state index contributed by atoms with van der Waals surface area (Å²) in [4.78, 5) is 22.4. The van der Waals surface area contributed by atoms with Gasteiger partial charge in [-0.25, -0.2) is 4.79 Å². The topological polar surface area (TPSA) is 82.1 Å². The van der Waals surface area contributed by atoms with Gasteiger partial charge in [-0.05, 0) is 13.0 Å². The molecule has 114 valence electrons. The molecule has 0 bridgehead atoms. The average molecular weight is 315 g/mol. The SMILES string of the molecule is CCOc1cc(OC)c(C(O)=CC(=O)C(=O)OC)cc1Cl. The molecule has 0 aliphatic heterocycles. The molecule has 0 fully saturated rings. The van der Waals surface area contributed by atoms with E-state index in [9.17, 15) is 14.7 Å². The molecule has 21 heavy (non-hydrogen) atoms. The number of aliphatic hydroxyl groups excluding tert-OH is 1. The lowest BCUT2D eigenvalue weighted by molar-refractivity contribution is -0.149. The van der Waals surface area contributed by atoms with E-state index in [4.69, 9.17) is 21.1 Å². The van der Waals surface area contributed by atoms with E-state index in [0.717, 1.165) is 13.2 Å². The number of benzene rings is 1. The van der Waals surface area contributed by atoms with Gasteiger partial charge >= 0.3 is 5.97 Å². The van der Waals surface area contributed by atoms with Crippen LogP contribution >= 0.6 is 11.6 Å². The highest BCUT2D eigenvalue weighted by Gasteiger charge is 2.17. The van der Waals surface area contributed by atoms with Crippen LogP contribution in [0.2, 0.25) is 5.02 Å². The maximum atomic E-state index is 11.4. The number of ketones is 1. The predicted molar refractivity (Wildman–Crippen MR) is 76.8 cm³/mol. The summed E-state index contributed by atoms with van der Waals surface area (Å²) in [7, 11) is 2.46. The maximum Gasteiger partial charge on any atom is 0.378 e. The normalized spacial score (nSPS) is 11.0. The number of methoxy groups -OCH3 is 2. The number of ether oxygens (including phenoxy) is 3. The Balaban J connectivity index is 3.23. The Labute approximate surface area is 126 Å². The van der Waals surface area contributed by atoms with E-state index in [1.807, 2.05) is 0 Å². The second-order valence-electron chi connectivity index (χ2n) is 3.80. The third kappa shape index (κ3) is 4.13. The van der Waals surface area contributed by atoms with Crippen molar-refractivity contribution in [3.05, 3.63) is 28.8 Å². The molecule has 0 spiro atoms. The Morgan fingerprint density at radius 3 is 2.48 bits per heavy atom. The molecule has 0 radical (unpaired) electrons. The van der Waals surface area contributed by atoms with Crippen LogP contribution in [0.4, 0.5) is 0 Å². The van der Waals surface area contributed by atoms with Crippen LogP contribution in [0.3, 0.4) is 0 Å². The van der Waals surface area contributed by atoms with Crippen molar-refractivity contribution in [2.75, 3.05) is 20.8 Å². The van der Waals surface area contributed by atoms with Gasteiger partial charge in [0, 0.05) is 12.1 Å². The van der Waals surface area contributed by atoms with Crippen molar-refractivity contribution < 1.29 is 28.9 Å². The van der Waals surface area contributed by atoms with Gasteiger partial charge in [-0.15, -0.1) is 0 Å². The van der Waals surface area contributed by atoms with Gasteiger partial charge in [-0.1, -0.05) is 11.6 Å². The van der Waals surface area contributed by atoms with Crippen molar-refractivity contribution in [3.63, 3.8) is 0 Å². The lowest BCUT2D eigenvalue weighted by Gasteiger charge is -2.12. The van der Waals surface area contributed by atoms with Gasteiger partial charge in [0.2, 0.25) is 0 Å². The molecule has 0 saturated heterocycles. The summed E-state index contributed by atoms with van der Waals surface area (Å²) in [5, 5.41) is 10.2. The van der Waals surface area contributed by atoms with Gasteiger partial charge in [0.25, 0.3) is 5.78 Å². The first-order valence-electron chi connectivity index (χ1n) is 5.98. The summed E-state index contributed by atoms with van der Waals surface area (Å²) in [5.74, 6) is -1.92. The van der Waals surface area contributed by atoms with Crippen LogP contribution in [0.1, 0.15) is 12.5 Å². The van der Waals surface area contributed by atoms with Crippen LogP contribution in [0.25, 0.3) is 5.76 Å². The highest BCUT2D eigenvalue weighted by Crippen LogP contribution is 2.35. The number of hydrogen-bond donors (Lipinski definition) is 1. The van der Waals surface area contributed by atoms with Crippen LogP contribution in [0.15, 0.2) is 18.2 Å². The Morgan fingerprint density at radius 2 is 1.95 bits per heavy atom. The number of carbonyl (C=O) groups is 2. The van der Waals surface area contributed by atoms with Gasteiger partial charge in [0.05, 0.1) is 31.4 Å². The summed E-state index contributed by atoms with van der Waals surface area (Å²) in [6, 6.07) is 2.86. The van der Waals surface area contributed by atoms with Crippen molar-refractivity contribution in [1.29, 1.82) is 0 Å². The molecular weight excluding hydrogens is 300 g/mol. The Morgan fingerprint density at radius 1 is 1.29 bits per heavy atom. The summed E-state index contributed by atoms with van der Waals surface area (Å²) in [6.07, 6.45) is 0.736. The molecule has 0 unspecified atom stereocenters. The van der Waals surface area contributed by atoms with E-state index in [1.165, 1.54) is 19.2 Å². The molecule has 0 heterocycles. The molecule has 0 aliphatic rings. The van der Waals surface area contributed by atoms with Gasteiger partial charge in [0.1, 0.15) is 17.3 Å². The maximum absolute atomic E-state index is 11.4. The summed E-state index contributed by atoms with van der Waals surface area (Å²) >= 11 is 6.01. The molecule has 1 aromatic rings. The van der Waals surface area contributed by atoms with E-state index >= 15 is 0 Å². The van der Waals surface area contributed by atoms with E-state index in [1.54, 1.807) is 6.92 Å². The van der Waals surface area contributed by atoms with Crippen LogP contribution in [-0.2, 0) is 14.3 Å². The van der Waals surface area contributed by atoms with Crippen molar-refractivity contribution >= 4 is 29.1 Å². The summed E-state index contributed by atoms with van der Waals surface area (Å²) < 4.78 is 14.7. The Bertz CT molecular complexity index is 579. The fraction of sp³-hybridized carbons (Fsp3) is 0.286. The van der Waals surface area contributed by atoms with Crippen molar-refractivity contribution in [1.82, 2.24) is 0 Å². The molecule has 0 amide bonds. The zero-order chi connectivity index (χ0) is 16.0.